The van der Waals surface area contributed by atoms with Gasteiger partial charge in [0.05, 0.1) is 11.6 Å². The summed E-state index contributed by atoms with van der Waals surface area (Å²) in [7, 11) is -4.10. The SMILES string of the molecule is Cc1ccc(-c2cscc2-c2ccc(S(N)(=O)=O)c(F)c2)cc1C#N. The number of benzene rings is 2. The third kappa shape index (κ3) is 3.33. The first kappa shape index (κ1) is 17.3. The van der Waals surface area contributed by atoms with Crippen molar-refractivity contribution in [1.82, 2.24) is 0 Å². The quantitative estimate of drug-likeness (QED) is 0.753. The van der Waals surface area contributed by atoms with Crippen LogP contribution in [0.1, 0.15) is 11.1 Å². The van der Waals surface area contributed by atoms with Crippen LogP contribution in [0, 0.1) is 24.1 Å². The summed E-state index contributed by atoms with van der Waals surface area (Å²) in [5.41, 5.74) is 4.45. The lowest BCUT2D eigenvalue weighted by atomic mass is 9.96. The highest BCUT2D eigenvalue weighted by Crippen LogP contribution is 2.36. The first-order chi connectivity index (χ1) is 11.8. The highest BCUT2D eigenvalue weighted by atomic mass is 32.2. The largest absolute Gasteiger partial charge is 0.240 e. The van der Waals surface area contributed by atoms with E-state index in [1.807, 2.05) is 29.8 Å². The van der Waals surface area contributed by atoms with E-state index in [4.69, 9.17) is 5.14 Å². The maximum absolute atomic E-state index is 14.1. The van der Waals surface area contributed by atoms with Gasteiger partial charge in [0.1, 0.15) is 10.7 Å². The predicted octanol–water partition coefficient (Wildman–Crippen LogP) is 4.05. The zero-order chi connectivity index (χ0) is 18.2. The standard InChI is InChI=1S/C18H13FN2O2S2/c1-11-2-3-12(6-14(11)8-20)15-9-24-10-16(15)13-4-5-18(17(19)7-13)25(21,22)23/h2-7,9-10H,1H3,(H2,21,22,23). The number of halogens is 1. The molecule has 3 rings (SSSR count). The molecule has 1 aromatic heterocycles. The molecule has 0 aliphatic rings. The molecule has 1 heterocycles. The van der Waals surface area contributed by atoms with Crippen LogP contribution < -0.4 is 5.14 Å². The van der Waals surface area contributed by atoms with Crippen LogP contribution in [0.25, 0.3) is 22.3 Å². The van der Waals surface area contributed by atoms with Crippen LogP contribution in [0.15, 0.2) is 52.1 Å². The van der Waals surface area contributed by atoms with Gasteiger partial charge in [-0.05, 0) is 52.6 Å². The van der Waals surface area contributed by atoms with E-state index in [2.05, 4.69) is 6.07 Å². The van der Waals surface area contributed by atoms with E-state index in [0.717, 1.165) is 34.4 Å². The number of nitrogens with two attached hydrogens (primary N) is 1. The Morgan fingerprint density at radius 1 is 1.08 bits per heavy atom. The molecule has 4 nitrogen and oxygen atoms in total. The summed E-state index contributed by atoms with van der Waals surface area (Å²) in [6.45, 7) is 1.86. The number of nitrogens with zero attached hydrogens (tertiary/aromatic N) is 1. The molecular weight excluding hydrogens is 359 g/mol. The molecule has 0 spiro atoms. The van der Waals surface area contributed by atoms with Gasteiger partial charge < -0.3 is 0 Å². The molecule has 3 aromatic rings. The van der Waals surface area contributed by atoms with Crippen molar-refractivity contribution in [3.63, 3.8) is 0 Å². The van der Waals surface area contributed by atoms with Gasteiger partial charge in [0.15, 0.2) is 0 Å². The van der Waals surface area contributed by atoms with E-state index in [0.29, 0.717) is 11.1 Å². The molecule has 2 aromatic carbocycles. The number of nitriles is 1. The van der Waals surface area contributed by atoms with Crippen molar-refractivity contribution in [3.05, 3.63) is 64.1 Å². The molecule has 0 radical (unpaired) electrons. The van der Waals surface area contributed by atoms with E-state index in [1.165, 1.54) is 17.4 Å². The minimum atomic E-state index is -4.10. The average Bonchev–Trinajstić information content (AvgIpc) is 3.03. The molecule has 0 saturated heterocycles. The molecule has 0 bridgehead atoms. The Labute approximate surface area is 149 Å². The summed E-state index contributed by atoms with van der Waals surface area (Å²) in [4.78, 5) is -0.532. The molecule has 126 valence electrons. The number of hydrogen-bond acceptors (Lipinski definition) is 4. The number of hydrogen-bond donors (Lipinski definition) is 1. The summed E-state index contributed by atoms with van der Waals surface area (Å²) in [5, 5.41) is 18.0. The summed E-state index contributed by atoms with van der Waals surface area (Å²) < 4.78 is 36.8. The van der Waals surface area contributed by atoms with Gasteiger partial charge in [-0.2, -0.15) is 16.6 Å². The van der Waals surface area contributed by atoms with Gasteiger partial charge in [-0.3, -0.25) is 0 Å². The lowest BCUT2D eigenvalue weighted by Gasteiger charge is -2.08. The Balaban J connectivity index is 2.12. The maximum atomic E-state index is 14.1. The van der Waals surface area contributed by atoms with Gasteiger partial charge in [-0.15, -0.1) is 0 Å². The second-order valence-corrected chi connectivity index (χ2v) is 7.80. The highest BCUT2D eigenvalue weighted by molar-refractivity contribution is 7.89. The smallest absolute Gasteiger partial charge is 0.225 e. The summed E-state index contributed by atoms with van der Waals surface area (Å²) in [6, 6.07) is 11.5. The van der Waals surface area contributed by atoms with Crippen LogP contribution in [-0.4, -0.2) is 8.42 Å². The zero-order valence-electron chi connectivity index (χ0n) is 13.2. The Bertz CT molecular complexity index is 1110. The first-order valence-corrected chi connectivity index (χ1v) is 9.70. The van der Waals surface area contributed by atoms with Gasteiger partial charge in [-0.25, -0.2) is 17.9 Å². The van der Waals surface area contributed by atoms with Gasteiger partial charge in [0.25, 0.3) is 0 Å². The lowest BCUT2D eigenvalue weighted by molar-refractivity contribution is 0.568. The number of sulfonamides is 1. The minimum absolute atomic E-state index is 0.532. The predicted molar refractivity (Wildman–Crippen MR) is 96.0 cm³/mol. The summed E-state index contributed by atoms with van der Waals surface area (Å²) >= 11 is 1.44. The monoisotopic (exact) mass is 372 g/mol. The molecule has 0 unspecified atom stereocenters. The average molecular weight is 372 g/mol. The molecule has 2 N–H and O–H groups in total. The van der Waals surface area contributed by atoms with Crippen molar-refractivity contribution < 1.29 is 12.8 Å². The fourth-order valence-corrected chi connectivity index (χ4v) is 4.01. The van der Waals surface area contributed by atoms with E-state index in [-0.39, 0.29) is 0 Å². The van der Waals surface area contributed by atoms with Crippen molar-refractivity contribution in [2.24, 2.45) is 5.14 Å². The molecule has 0 aliphatic heterocycles. The zero-order valence-corrected chi connectivity index (χ0v) is 14.8. The van der Waals surface area contributed by atoms with Gasteiger partial charge in [0, 0.05) is 11.1 Å². The molecule has 7 heteroatoms. The van der Waals surface area contributed by atoms with E-state index in [1.54, 1.807) is 6.07 Å². The van der Waals surface area contributed by atoms with Crippen molar-refractivity contribution in [2.75, 3.05) is 0 Å². The van der Waals surface area contributed by atoms with Gasteiger partial charge >= 0.3 is 0 Å². The minimum Gasteiger partial charge on any atom is -0.225 e. The lowest BCUT2D eigenvalue weighted by Crippen LogP contribution is -2.13. The van der Waals surface area contributed by atoms with Crippen molar-refractivity contribution in [1.29, 1.82) is 5.26 Å². The molecule has 0 fully saturated rings. The third-order valence-electron chi connectivity index (χ3n) is 3.88. The van der Waals surface area contributed by atoms with Gasteiger partial charge in [-0.1, -0.05) is 18.2 Å². The van der Waals surface area contributed by atoms with Crippen LogP contribution in [-0.2, 0) is 10.0 Å². The van der Waals surface area contributed by atoms with Crippen LogP contribution in [0.3, 0.4) is 0 Å². The number of thiophene rings is 1. The molecule has 0 aliphatic carbocycles. The van der Waals surface area contributed by atoms with E-state index in [9.17, 15) is 18.1 Å². The van der Waals surface area contributed by atoms with E-state index >= 15 is 0 Å². The maximum Gasteiger partial charge on any atom is 0.240 e. The number of primary sulfonamides is 1. The normalized spacial score (nSPS) is 11.3. The Kier molecular flexibility index (Phi) is 4.43. The van der Waals surface area contributed by atoms with Crippen LogP contribution in [0.4, 0.5) is 4.39 Å². The Morgan fingerprint density at radius 3 is 2.24 bits per heavy atom. The second kappa shape index (κ2) is 6.41. The van der Waals surface area contributed by atoms with Crippen LogP contribution in [0.5, 0.6) is 0 Å². The summed E-state index contributed by atoms with van der Waals surface area (Å²) in [5.74, 6) is -0.890. The van der Waals surface area contributed by atoms with E-state index < -0.39 is 20.7 Å². The fraction of sp³-hybridized carbons (Fsp3) is 0.0556. The number of aryl methyl sites for hydroxylation is 1. The van der Waals surface area contributed by atoms with Gasteiger partial charge in [0.2, 0.25) is 10.0 Å². The second-order valence-electron chi connectivity index (χ2n) is 5.53. The molecule has 0 atom stereocenters. The highest BCUT2D eigenvalue weighted by Gasteiger charge is 2.17. The topological polar surface area (TPSA) is 84.0 Å². The molecule has 0 saturated carbocycles. The third-order valence-corrected chi connectivity index (χ3v) is 5.57. The Hall–Kier alpha value is -2.53. The molecule has 25 heavy (non-hydrogen) atoms. The first-order valence-electron chi connectivity index (χ1n) is 7.21. The van der Waals surface area contributed by atoms with Crippen molar-refractivity contribution in [2.45, 2.75) is 11.8 Å². The Morgan fingerprint density at radius 2 is 1.68 bits per heavy atom. The number of rotatable bonds is 3. The van der Waals surface area contributed by atoms with Crippen LogP contribution >= 0.6 is 11.3 Å². The molecular formula is C18H13FN2O2S2. The van der Waals surface area contributed by atoms with Crippen molar-refractivity contribution >= 4 is 21.4 Å². The molecule has 0 amide bonds. The van der Waals surface area contributed by atoms with Crippen LogP contribution in [0.2, 0.25) is 0 Å². The summed E-state index contributed by atoms with van der Waals surface area (Å²) in [6.07, 6.45) is 0. The van der Waals surface area contributed by atoms with Crippen molar-refractivity contribution in [3.8, 4) is 28.3 Å². The fourth-order valence-electron chi connectivity index (χ4n) is 2.55.